The number of hydrogen-bond donors (Lipinski definition) is 2. The molecule has 132 valence electrons. The number of hydrazone groups is 1. The normalized spacial score (nSPS) is 11.6. The summed E-state index contributed by atoms with van der Waals surface area (Å²) < 4.78 is 43.4. The minimum absolute atomic E-state index is 0.0112. The molecular weight excluding hydrogens is 381 g/mol. The molecule has 1 aromatic carbocycles. The third kappa shape index (κ3) is 5.19. The maximum Gasteiger partial charge on any atom is 0.416 e. The Morgan fingerprint density at radius 2 is 2.12 bits per heavy atom. The van der Waals surface area contributed by atoms with Crippen molar-refractivity contribution in [3.63, 3.8) is 0 Å². The molecule has 12 heteroatoms. The molecule has 3 N–H and O–H groups in total. The highest BCUT2D eigenvalue weighted by molar-refractivity contribution is 7.99. The number of rotatable bonds is 5. The van der Waals surface area contributed by atoms with Crippen molar-refractivity contribution < 1.29 is 22.5 Å². The number of hydrogen-bond acceptors (Lipinski definition) is 6. The van der Waals surface area contributed by atoms with Crippen molar-refractivity contribution in [1.29, 1.82) is 0 Å². The number of nitro groups is 1. The summed E-state index contributed by atoms with van der Waals surface area (Å²) in [6, 6.07) is 5.29. The van der Waals surface area contributed by atoms with Crippen molar-refractivity contribution >= 4 is 41.0 Å². The van der Waals surface area contributed by atoms with E-state index in [2.05, 4.69) is 22.7 Å². The number of alkyl halides is 3. The number of thiocarbonyl (C=S) groups is 1. The standard InChI is InChI=1S/C13H9F3N4O3S2/c14-13(15,16)7-1-3-10(9(5-7)20(21)22)25-11-4-2-8(23-11)6-18-19-12(17)24/h1-6H,(H3,17,19,24)/b18-6+. The number of nitrogens with zero attached hydrogens (tertiary/aromatic N) is 2. The van der Waals surface area contributed by atoms with Crippen LogP contribution in [0.15, 0.2) is 49.8 Å². The van der Waals surface area contributed by atoms with Crippen molar-refractivity contribution in [2.75, 3.05) is 0 Å². The molecule has 0 atom stereocenters. The average Bonchev–Trinajstić information content (AvgIpc) is 2.93. The van der Waals surface area contributed by atoms with Crippen LogP contribution in [0.5, 0.6) is 0 Å². The molecule has 0 amide bonds. The predicted molar refractivity (Wildman–Crippen MR) is 88.4 cm³/mol. The number of nitro benzene ring substituents is 1. The predicted octanol–water partition coefficient (Wildman–Crippen LogP) is 3.52. The van der Waals surface area contributed by atoms with Crippen LogP contribution in [0.2, 0.25) is 0 Å². The summed E-state index contributed by atoms with van der Waals surface area (Å²) in [5.74, 6) is 0.292. The largest absolute Gasteiger partial charge is 0.448 e. The topological polar surface area (TPSA) is 107 Å². The summed E-state index contributed by atoms with van der Waals surface area (Å²) in [5.41, 5.74) is 5.73. The fourth-order valence-corrected chi connectivity index (χ4v) is 2.57. The monoisotopic (exact) mass is 390 g/mol. The minimum atomic E-state index is -4.67. The molecule has 0 aliphatic heterocycles. The van der Waals surface area contributed by atoms with Crippen LogP contribution in [0, 0.1) is 10.1 Å². The van der Waals surface area contributed by atoms with E-state index in [-0.39, 0.29) is 15.1 Å². The van der Waals surface area contributed by atoms with Crippen LogP contribution in [0.4, 0.5) is 18.9 Å². The number of nitrogens with one attached hydrogen (secondary N) is 1. The first kappa shape index (κ1) is 18.7. The second kappa shape index (κ2) is 7.53. The maximum absolute atomic E-state index is 12.7. The van der Waals surface area contributed by atoms with E-state index in [1.165, 1.54) is 18.3 Å². The fourth-order valence-electron chi connectivity index (χ4n) is 1.65. The molecule has 0 radical (unpaired) electrons. The zero-order valence-corrected chi connectivity index (χ0v) is 13.7. The molecule has 0 spiro atoms. The molecule has 2 aromatic rings. The minimum Gasteiger partial charge on any atom is -0.448 e. The highest BCUT2D eigenvalue weighted by Crippen LogP contribution is 2.39. The fraction of sp³-hybridized carbons (Fsp3) is 0.0769. The summed E-state index contributed by atoms with van der Waals surface area (Å²) in [5, 5.41) is 14.9. The van der Waals surface area contributed by atoms with E-state index < -0.39 is 22.4 Å². The zero-order valence-electron chi connectivity index (χ0n) is 12.1. The Hall–Kier alpha value is -2.60. The molecule has 1 aromatic heterocycles. The van der Waals surface area contributed by atoms with Crippen molar-refractivity contribution in [2.45, 2.75) is 16.2 Å². The van der Waals surface area contributed by atoms with Gasteiger partial charge in [-0.25, -0.2) is 0 Å². The Kier molecular flexibility index (Phi) is 5.64. The quantitative estimate of drug-likeness (QED) is 0.348. The molecular formula is C13H9F3N4O3S2. The first-order valence-corrected chi connectivity index (χ1v) is 7.61. The van der Waals surface area contributed by atoms with E-state index in [4.69, 9.17) is 10.2 Å². The van der Waals surface area contributed by atoms with Crippen LogP contribution < -0.4 is 11.2 Å². The van der Waals surface area contributed by atoms with Gasteiger partial charge in [-0.1, -0.05) is 0 Å². The van der Waals surface area contributed by atoms with Crippen LogP contribution in [-0.2, 0) is 6.18 Å². The molecule has 0 saturated heterocycles. The molecule has 1 heterocycles. The second-order valence-electron chi connectivity index (χ2n) is 4.43. The summed E-state index contributed by atoms with van der Waals surface area (Å²) in [6.07, 6.45) is -3.40. The first-order chi connectivity index (χ1) is 11.7. The van der Waals surface area contributed by atoms with Gasteiger partial charge in [0, 0.05) is 6.07 Å². The highest BCUT2D eigenvalue weighted by atomic mass is 32.2. The average molecular weight is 390 g/mol. The number of nitrogens with two attached hydrogens (primary N) is 1. The molecule has 0 aliphatic rings. The van der Waals surface area contributed by atoms with Crippen LogP contribution >= 0.6 is 24.0 Å². The Balaban J connectivity index is 2.23. The Morgan fingerprint density at radius 1 is 1.40 bits per heavy atom. The Labute approximate surface area is 148 Å². The van der Waals surface area contributed by atoms with E-state index in [1.807, 2.05) is 0 Å². The SMILES string of the molecule is NC(=S)N/N=C/c1ccc(Sc2ccc(C(F)(F)F)cc2[N+](=O)[O-])o1. The van der Waals surface area contributed by atoms with Gasteiger partial charge < -0.3 is 10.2 Å². The van der Waals surface area contributed by atoms with Crippen molar-refractivity contribution in [1.82, 2.24) is 5.43 Å². The molecule has 25 heavy (non-hydrogen) atoms. The van der Waals surface area contributed by atoms with Gasteiger partial charge in [0.25, 0.3) is 5.69 Å². The third-order valence-electron chi connectivity index (χ3n) is 2.66. The van der Waals surface area contributed by atoms with Gasteiger partial charge in [0.05, 0.1) is 21.6 Å². The van der Waals surface area contributed by atoms with Gasteiger partial charge in [-0.3, -0.25) is 15.5 Å². The summed E-state index contributed by atoms with van der Waals surface area (Å²) in [7, 11) is 0. The van der Waals surface area contributed by atoms with E-state index in [9.17, 15) is 23.3 Å². The Bertz CT molecular complexity index is 836. The second-order valence-corrected chi connectivity index (χ2v) is 5.92. The lowest BCUT2D eigenvalue weighted by Crippen LogP contribution is -2.23. The summed E-state index contributed by atoms with van der Waals surface area (Å²) in [6.45, 7) is 0. The smallest absolute Gasteiger partial charge is 0.416 e. The number of benzene rings is 1. The van der Waals surface area contributed by atoms with Crippen LogP contribution in [-0.4, -0.2) is 16.3 Å². The molecule has 0 fully saturated rings. The van der Waals surface area contributed by atoms with Crippen LogP contribution in [0.1, 0.15) is 11.3 Å². The zero-order chi connectivity index (χ0) is 18.6. The van der Waals surface area contributed by atoms with E-state index in [0.717, 1.165) is 23.9 Å². The van der Waals surface area contributed by atoms with Gasteiger partial charge in [0.1, 0.15) is 5.76 Å². The van der Waals surface area contributed by atoms with Gasteiger partial charge in [0.2, 0.25) is 0 Å². The lowest BCUT2D eigenvalue weighted by atomic mass is 10.2. The first-order valence-electron chi connectivity index (χ1n) is 6.38. The van der Waals surface area contributed by atoms with Crippen molar-refractivity contribution in [2.24, 2.45) is 10.8 Å². The van der Waals surface area contributed by atoms with Crippen LogP contribution in [0.3, 0.4) is 0 Å². The maximum atomic E-state index is 12.7. The van der Waals surface area contributed by atoms with Crippen molar-refractivity contribution in [3.05, 3.63) is 51.8 Å². The van der Waals surface area contributed by atoms with Gasteiger partial charge in [-0.15, -0.1) is 0 Å². The molecule has 2 rings (SSSR count). The van der Waals surface area contributed by atoms with Gasteiger partial charge in [0.15, 0.2) is 10.2 Å². The van der Waals surface area contributed by atoms with E-state index in [1.54, 1.807) is 0 Å². The van der Waals surface area contributed by atoms with E-state index in [0.29, 0.717) is 11.8 Å². The molecule has 0 bridgehead atoms. The summed E-state index contributed by atoms with van der Waals surface area (Å²) >= 11 is 5.37. The van der Waals surface area contributed by atoms with Crippen molar-refractivity contribution in [3.8, 4) is 0 Å². The molecule has 0 aliphatic carbocycles. The molecule has 7 nitrogen and oxygen atoms in total. The summed E-state index contributed by atoms with van der Waals surface area (Å²) in [4.78, 5) is 10.2. The molecule has 0 saturated carbocycles. The Morgan fingerprint density at radius 3 is 2.72 bits per heavy atom. The van der Waals surface area contributed by atoms with E-state index >= 15 is 0 Å². The van der Waals surface area contributed by atoms with Gasteiger partial charge in [-0.05, 0) is 48.2 Å². The number of halogens is 3. The molecule has 0 unspecified atom stereocenters. The van der Waals surface area contributed by atoms with Gasteiger partial charge >= 0.3 is 6.18 Å². The number of furan rings is 1. The third-order valence-corrected chi connectivity index (χ3v) is 3.74. The van der Waals surface area contributed by atoms with Crippen LogP contribution in [0.25, 0.3) is 0 Å². The highest BCUT2D eigenvalue weighted by Gasteiger charge is 2.33. The lowest BCUT2D eigenvalue weighted by molar-refractivity contribution is -0.388. The lowest BCUT2D eigenvalue weighted by Gasteiger charge is -2.07. The van der Waals surface area contributed by atoms with Gasteiger partial charge in [-0.2, -0.15) is 18.3 Å².